The fourth-order valence-electron chi connectivity index (χ4n) is 2.64. The SMILES string of the molecule is O=[N+]([O-])c1ccc(C2OC3CCCC(C3)O2)cc1. The second-order valence-corrected chi connectivity index (χ2v) is 4.86. The van der Waals surface area contributed by atoms with Crippen molar-refractivity contribution in [1.82, 2.24) is 0 Å². The highest BCUT2D eigenvalue weighted by Gasteiger charge is 2.33. The molecule has 0 amide bonds. The Labute approximate surface area is 105 Å². The van der Waals surface area contributed by atoms with E-state index in [1.165, 1.54) is 12.1 Å². The number of benzene rings is 1. The van der Waals surface area contributed by atoms with E-state index in [4.69, 9.17) is 9.47 Å². The molecule has 5 nitrogen and oxygen atoms in total. The number of nitrogens with zero attached hydrogens (tertiary/aromatic N) is 1. The summed E-state index contributed by atoms with van der Waals surface area (Å²) in [5, 5.41) is 10.6. The second-order valence-electron chi connectivity index (χ2n) is 4.86. The Morgan fingerprint density at radius 2 is 1.72 bits per heavy atom. The molecule has 1 aliphatic carbocycles. The van der Waals surface area contributed by atoms with Crippen molar-refractivity contribution >= 4 is 5.69 Å². The second kappa shape index (κ2) is 4.66. The normalized spacial score (nSPS) is 31.0. The van der Waals surface area contributed by atoms with E-state index in [0.29, 0.717) is 0 Å². The molecule has 2 atom stereocenters. The summed E-state index contributed by atoms with van der Waals surface area (Å²) in [5.41, 5.74) is 0.951. The van der Waals surface area contributed by atoms with Gasteiger partial charge in [0.15, 0.2) is 6.29 Å². The number of fused-ring (bicyclic) bond motifs is 2. The third kappa shape index (κ3) is 2.23. The van der Waals surface area contributed by atoms with Crippen LogP contribution in [0.5, 0.6) is 0 Å². The number of ether oxygens (including phenoxy) is 2. The predicted molar refractivity (Wildman–Crippen MR) is 64.1 cm³/mol. The summed E-state index contributed by atoms with van der Waals surface area (Å²) in [5.74, 6) is 0. The molecular formula is C13H15NO4. The molecule has 2 aliphatic rings. The highest BCUT2D eigenvalue weighted by Crippen LogP contribution is 2.37. The van der Waals surface area contributed by atoms with Crippen molar-refractivity contribution < 1.29 is 14.4 Å². The molecule has 1 heterocycles. The maximum absolute atomic E-state index is 10.6. The van der Waals surface area contributed by atoms with Crippen LogP contribution in [0.25, 0.3) is 0 Å². The Morgan fingerprint density at radius 3 is 2.28 bits per heavy atom. The first-order valence-electron chi connectivity index (χ1n) is 6.27. The molecule has 2 unspecified atom stereocenters. The monoisotopic (exact) mass is 249 g/mol. The summed E-state index contributed by atoms with van der Waals surface area (Å²) < 4.78 is 11.7. The molecule has 1 saturated carbocycles. The quantitative estimate of drug-likeness (QED) is 0.597. The van der Waals surface area contributed by atoms with E-state index in [1.807, 2.05) is 0 Å². The van der Waals surface area contributed by atoms with Crippen molar-refractivity contribution in [2.75, 3.05) is 0 Å². The van der Waals surface area contributed by atoms with Gasteiger partial charge in [0, 0.05) is 24.1 Å². The number of hydrogen-bond donors (Lipinski definition) is 0. The molecule has 1 aromatic rings. The van der Waals surface area contributed by atoms with Gasteiger partial charge in [-0.2, -0.15) is 0 Å². The predicted octanol–water partition coefficient (Wildman–Crippen LogP) is 2.95. The molecule has 2 fully saturated rings. The van der Waals surface area contributed by atoms with Crippen molar-refractivity contribution in [2.45, 2.75) is 44.2 Å². The number of nitro groups is 1. The number of hydrogen-bond acceptors (Lipinski definition) is 4. The number of non-ortho nitro benzene ring substituents is 1. The molecule has 3 rings (SSSR count). The molecule has 5 heteroatoms. The summed E-state index contributed by atoms with van der Waals surface area (Å²) in [4.78, 5) is 10.2. The van der Waals surface area contributed by atoms with Gasteiger partial charge in [0.2, 0.25) is 0 Å². The summed E-state index contributed by atoms with van der Waals surface area (Å²) in [6.07, 6.45) is 4.49. The lowest BCUT2D eigenvalue weighted by Crippen LogP contribution is -2.37. The minimum atomic E-state index is -0.402. The van der Waals surface area contributed by atoms with E-state index in [9.17, 15) is 10.1 Å². The van der Waals surface area contributed by atoms with Gasteiger partial charge in [-0.15, -0.1) is 0 Å². The van der Waals surface area contributed by atoms with Crippen LogP contribution in [0.3, 0.4) is 0 Å². The lowest BCUT2D eigenvalue weighted by atomic mass is 9.93. The molecule has 18 heavy (non-hydrogen) atoms. The van der Waals surface area contributed by atoms with Gasteiger partial charge < -0.3 is 9.47 Å². The Morgan fingerprint density at radius 1 is 1.11 bits per heavy atom. The van der Waals surface area contributed by atoms with E-state index in [1.54, 1.807) is 12.1 Å². The molecule has 0 aromatic heterocycles. The first-order valence-corrected chi connectivity index (χ1v) is 6.27. The zero-order chi connectivity index (χ0) is 12.5. The summed E-state index contributed by atoms with van der Waals surface area (Å²) in [6, 6.07) is 6.41. The third-order valence-corrected chi connectivity index (χ3v) is 3.59. The molecule has 0 radical (unpaired) electrons. The standard InChI is InChI=1S/C13H15NO4/c15-14(16)10-6-4-9(5-7-10)13-17-11-2-1-3-12(8-11)18-13/h4-7,11-13H,1-3,8H2. The molecule has 1 saturated heterocycles. The molecule has 0 spiro atoms. The smallest absolute Gasteiger partial charge is 0.269 e. The zero-order valence-electron chi connectivity index (χ0n) is 9.95. The zero-order valence-corrected chi connectivity index (χ0v) is 9.95. The van der Waals surface area contributed by atoms with E-state index in [2.05, 4.69) is 0 Å². The van der Waals surface area contributed by atoms with Crippen LogP contribution in [-0.4, -0.2) is 17.1 Å². The van der Waals surface area contributed by atoms with E-state index in [0.717, 1.165) is 31.2 Å². The highest BCUT2D eigenvalue weighted by atomic mass is 16.7. The summed E-state index contributed by atoms with van der Waals surface area (Å²) in [7, 11) is 0. The van der Waals surface area contributed by atoms with Gasteiger partial charge in [0.1, 0.15) is 0 Å². The van der Waals surface area contributed by atoms with Crippen LogP contribution < -0.4 is 0 Å². The van der Waals surface area contributed by atoms with Gasteiger partial charge in [-0.25, -0.2) is 0 Å². The topological polar surface area (TPSA) is 61.6 Å². The van der Waals surface area contributed by atoms with Gasteiger partial charge in [-0.3, -0.25) is 10.1 Å². The highest BCUT2D eigenvalue weighted by molar-refractivity contribution is 5.33. The molecule has 0 N–H and O–H groups in total. The maximum atomic E-state index is 10.6. The fraction of sp³-hybridized carbons (Fsp3) is 0.538. The van der Waals surface area contributed by atoms with Crippen LogP contribution in [0.4, 0.5) is 5.69 Å². The lowest BCUT2D eigenvalue weighted by Gasteiger charge is -2.39. The van der Waals surface area contributed by atoms with Crippen LogP contribution in [0, 0.1) is 10.1 Å². The lowest BCUT2D eigenvalue weighted by molar-refractivity contribution is -0.384. The minimum absolute atomic E-state index is 0.0924. The largest absolute Gasteiger partial charge is 0.345 e. The van der Waals surface area contributed by atoms with E-state index >= 15 is 0 Å². The molecular weight excluding hydrogens is 234 g/mol. The summed E-state index contributed by atoms with van der Waals surface area (Å²) >= 11 is 0. The first-order chi connectivity index (χ1) is 8.72. The third-order valence-electron chi connectivity index (χ3n) is 3.59. The average Bonchev–Trinajstić information content (AvgIpc) is 2.38. The average molecular weight is 249 g/mol. The Bertz CT molecular complexity index is 433. The van der Waals surface area contributed by atoms with Crippen molar-refractivity contribution in [3.63, 3.8) is 0 Å². The van der Waals surface area contributed by atoms with Crippen LogP contribution in [-0.2, 0) is 9.47 Å². The van der Waals surface area contributed by atoms with Crippen LogP contribution >= 0.6 is 0 Å². The van der Waals surface area contributed by atoms with E-state index in [-0.39, 0.29) is 24.2 Å². The maximum Gasteiger partial charge on any atom is 0.269 e. The minimum Gasteiger partial charge on any atom is -0.345 e. The van der Waals surface area contributed by atoms with Gasteiger partial charge in [0.25, 0.3) is 5.69 Å². The Balaban J connectivity index is 1.76. The first kappa shape index (κ1) is 11.6. The van der Waals surface area contributed by atoms with Crippen LogP contribution in [0.2, 0.25) is 0 Å². The van der Waals surface area contributed by atoms with Gasteiger partial charge in [0.05, 0.1) is 17.1 Å². The number of nitro benzene ring substituents is 1. The van der Waals surface area contributed by atoms with E-state index < -0.39 is 4.92 Å². The van der Waals surface area contributed by atoms with Gasteiger partial charge in [-0.05, 0) is 31.4 Å². The molecule has 2 bridgehead atoms. The summed E-state index contributed by atoms with van der Waals surface area (Å²) in [6.45, 7) is 0. The van der Waals surface area contributed by atoms with Gasteiger partial charge >= 0.3 is 0 Å². The molecule has 1 aliphatic heterocycles. The molecule has 1 aromatic carbocycles. The van der Waals surface area contributed by atoms with Crippen molar-refractivity contribution in [3.8, 4) is 0 Å². The number of rotatable bonds is 2. The Hall–Kier alpha value is -1.46. The molecule has 96 valence electrons. The fourth-order valence-corrected chi connectivity index (χ4v) is 2.64. The van der Waals surface area contributed by atoms with Crippen LogP contribution in [0.1, 0.15) is 37.5 Å². The Kier molecular flexibility index (Phi) is 3.01. The van der Waals surface area contributed by atoms with Crippen molar-refractivity contribution in [2.24, 2.45) is 0 Å². The van der Waals surface area contributed by atoms with Crippen molar-refractivity contribution in [1.29, 1.82) is 0 Å². The van der Waals surface area contributed by atoms with Crippen molar-refractivity contribution in [3.05, 3.63) is 39.9 Å². The van der Waals surface area contributed by atoms with Crippen LogP contribution in [0.15, 0.2) is 24.3 Å². The van der Waals surface area contributed by atoms with Gasteiger partial charge in [-0.1, -0.05) is 0 Å².